The van der Waals surface area contributed by atoms with Crippen LogP contribution < -0.4 is 5.32 Å². The van der Waals surface area contributed by atoms with Crippen LogP contribution in [0.2, 0.25) is 0 Å². The van der Waals surface area contributed by atoms with Gasteiger partial charge in [-0.15, -0.1) is 0 Å². The van der Waals surface area contributed by atoms with Crippen LogP contribution in [-0.4, -0.2) is 43.8 Å². The van der Waals surface area contributed by atoms with E-state index < -0.39 is 0 Å². The molecule has 1 aliphatic rings. The molecule has 0 spiro atoms. The summed E-state index contributed by atoms with van der Waals surface area (Å²) in [6, 6.07) is 7.05. The van der Waals surface area contributed by atoms with Crippen LogP contribution in [-0.2, 0) is 4.74 Å². The molecule has 1 N–H and O–H groups in total. The number of aryl methyl sites for hydroxylation is 2. The van der Waals surface area contributed by atoms with Crippen LogP contribution >= 0.6 is 0 Å². The van der Waals surface area contributed by atoms with E-state index >= 15 is 0 Å². The van der Waals surface area contributed by atoms with Crippen LogP contribution in [0, 0.1) is 13.8 Å². The molecule has 0 bridgehead atoms. The predicted octanol–water partition coefficient (Wildman–Crippen LogP) is 2.67. The minimum absolute atomic E-state index is 0.241. The van der Waals surface area contributed by atoms with Gasteiger partial charge in [-0.3, -0.25) is 4.90 Å². The predicted molar refractivity (Wildman–Crippen MR) is 84.2 cm³/mol. The Morgan fingerprint density at radius 1 is 1.30 bits per heavy atom. The smallest absolute Gasteiger partial charge is 0.0896 e. The van der Waals surface area contributed by atoms with Gasteiger partial charge in [-0.1, -0.05) is 32.0 Å². The number of nitrogens with zero attached hydrogens (tertiary/aromatic N) is 1. The van der Waals surface area contributed by atoms with Crippen LogP contribution in [0.4, 0.5) is 0 Å². The lowest BCUT2D eigenvalue weighted by molar-refractivity contribution is -0.0453. The first-order valence-electron chi connectivity index (χ1n) is 7.80. The molecule has 0 aliphatic carbocycles. The highest BCUT2D eigenvalue weighted by molar-refractivity contribution is 5.32. The number of likely N-dealkylation sites (N-methyl/N-ethyl adjacent to an activating group) is 2. The minimum atomic E-state index is 0.241. The monoisotopic (exact) mass is 276 g/mol. The largest absolute Gasteiger partial charge is 0.374 e. The van der Waals surface area contributed by atoms with Gasteiger partial charge >= 0.3 is 0 Å². The van der Waals surface area contributed by atoms with Crippen molar-refractivity contribution in [1.82, 2.24) is 10.2 Å². The Balaban J connectivity index is 2.18. The van der Waals surface area contributed by atoms with Crippen LogP contribution in [0.15, 0.2) is 18.2 Å². The zero-order valence-electron chi connectivity index (χ0n) is 13.3. The molecule has 0 saturated carbocycles. The van der Waals surface area contributed by atoms with Gasteiger partial charge in [0.2, 0.25) is 0 Å². The maximum absolute atomic E-state index is 6.05. The maximum atomic E-state index is 6.05. The summed E-state index contributed by atoms with van der Waals surface area (Å²) < 4.78 is 6.05. The molecule has 3 nitrogen and oxygen atoms in total. The molecule has 0 amide bonds. The van der Waals surface area contributed by atoms with Gasteiger partial charge in [-0.2, -0.15) is 0 Å². The molecule has 0 radical (unpaired) electrons. The molecule has 1 heterocycles. The number of rotatable bonds is 5. The summed E-state index contributed by atoms with van der Waals surface area (Å²) in [6.45, 7) is 13.7. The second-order valence-electron chi connectivity index (χ2n) is 5.68. The zero-order chi connectivity index (χ0) is 14.5. The van der Waals surface area contributed by atoms with Gasteiger partial charge in [-0.05, 0) is 43.6 Å². The second-order valence-corrected chi connectivity index (χ2v) is 5.68. The molecule has 1 fully saturated rings. The van der Waals surface area contributed by atoms with Crippen LogP contribution in [0.1, 0.15) is 36.6 Å². The summed E-state index contributed by atoms with van der Waals surface area (Å²) in [5.41, 5.74) is 4.05. The highest BCUT2D eigenvalue weighted by Gasteiger charge is 2.28. The second kappa shape index (κ2) is 7.21. The Kier molecular flexibility index (Phi) is 5.58. The van der Waals surface area contributed by atoms with Gasteiger partial charge in [0.05, 0.1) is 18.8 Å². The average Bonchev–Trinajstić information content (AvgIpc) is 2.48. The lowest BCUT2D eigenvalue weighted by Crippen LogP contribution is -2.48. The fraction of sp³-hybridized carbons (Fsp3) is 0.647. The van der Waals surface area contributed by atoms with Gasteiger partial charge in [0.15, 0.2) is 0 Å². The Bertz CT molecular complexity index is 433. The molecular weight excluding hydrogens is 248 g/mol. The summed E-state index contributed by atoms with van der Waals surface area (Å²) in [6.07, 6.45) is 0.241. The molecule has 0 aromatic heterocycles. The third-order valence-electron chi connectivity index (χ3n) is 4.31. The fourth-order valence-corrected chi connectivity index (χ4v) is 2.86. The molecule has 1 aromatic rings. The van der Waals surface area contributed by atoms with E-state index in [2.05, 4.69) is 56.1 Å². The molecule has 112 valence electrons. The van der Waals surface area contributed by atoms with E-state index in [1.165, 1.54) is 16.7 Å². The number of ether oxygens (including phenoxy) is 1. The molecule has 2 rings (SSSR count). The van der Waals surface area contributed by atoms with E-state index in [1.54, 1.807) is 0 Å². The SMILES string of the molecule is CCNC(c1ccc(C)c(C)c1)C1CN(CC)CCO1. The van der Waals surface area contributed by atoms with Crippen LogP contribution in [0.5, 0.6) is 0 Å². The minimum Gasteiger partial charge on any atom is -0.374 e. The molecule has 1 saturated heterocycles. The van der Waals surface area contributed by atoms with Gasteiger partial charge < -0.3 is 10.1 Å². The lowest BCUT2D eigenvalue weighted by Gasteiger charge is -2.37. The summed E-state index contributed by atoms with van der Waals surface area (Å²) in [4.78, 5) is 2.47. The topological polar surface area (TPSA) is 24.5 Å². The molecule has 1 aliphatic heterocycles. The van der Waals surface area contributed by atoms with Gasteiger partial charge in [0.25, 0.3) is 0 Å². The van der Waals surface area contributed by atoms with Crippen LogP contribution in [0.25, 0.3) is 0 Å². The van der Waals surface area contributed by atoms with Crippen molar-refractivity contribution in [3.05, 3.63) is 34.9 Å². The normalized spacial score (nSPS) is 21.9. The number of morpholine rings is 1. The fourth-order valence-electron chi connectivity index (χ4n) is 2.86. The van der Waals surface area contributed by atoms with Gasteiger partial charge in [-0.25, -0.2) is 0 Å². The summed E-state index contributed by atoms with van der Waals surface area (Å²) in [5, 5.41) is 3.61. The first kappa shape index (κ1) is 15.5. The highest BCUT2D eigenvalue weighted by Crippen LogP contribution is 2.24. The molecule has 1 aromatic carbocycles. The number of hydrogen-bond acceptors (Lipinski definition) is 3. The Morgan fingerprint density at radius 3 is 2.75 bits per heavy atom. The third kappa shape index (κ3) is 3.60. The van der Waals surface area contributed by atoms with Crippen molar-refractivity contribution in [2.45, 2.75) is 39.8 Å². The van der Waals surface area contributed by atoms with E-state index in [0.717, 1.165) is 32.8 Å². The van der Waals surface area contributed by atoms with Crippen molar-refractivity contribution in [3.63, 3.8) is 0 Å². The van der Waals surface area contributed by atoms with Crippen molar-refractivity contribution >= 4 is 0 Å². The Hall–Kier alpha value is -0.900. The highest BCUT2D eigenvalue weighted by atomic mass is 16.5. The molecule has 3 heteroatoms. The maximum Gasteiger partial charge on any atom is 0.0896 e. The third-order valence-corrected chi connectivity index (χ3v) is 4.31. The average molecular weight is 276 g/mol. The molecule has 2 unspecified atom stereocenters. The number of benzene rings is 1. The van der Waals surface area contributed by atoms with Crippen molar-refractivity contribution in [2.75, 3.05) is 32.8 Å². The van der Waals surface area contributed by atoms with Crippen molar-refractivity contribution in [1.29, 1.82) is 0 Å². The zero-order valence-corrected chi connectivity index (χ0v) is 13.3. The standard InChI is InChI=1S/C17H28N2O/c1-5-18-17(15-8-7-13(3)14(4)11-15)16-12-19(6-2)9-10-20-16/h7-8,11,16-18H,5-6,9-10,12H2,1-4H3. The van der Waals surface area contributed by atoms with Gasteiger partial charge in [0.1, 0.15) is 0 Å². The Labute approximate surface area is 123 Å². The Morgan fingerprint density at radius 2 is 2.10 bits per heavy atom. The van der Waals surface area contributed by atoms with Crippen LogP contribution in [0.3, 0.4) is 0 Å². The van der Waals surface area contributed by atoms with E-state index in [9.17, 15) is 0 Å². The molecular formula is C17H28N2O. The molecule has 2 atom stereocenters. The van der Waals surface area contributed by atoms with E-state index in [1.807, 2.05) is 0 Å². The van der Waals surface area contributed by atoms with Gasteiger partial charge in [0, 0.05) is 13.1 Å². The lowest BCUT2D eigenvalue weighted by atomic mass is 9.96. The summed E-state index contributed by atoms with van der Waals surface area (Å²) in [7, 11) is 0. The first-order chi connectivity index (χ1) is 9.65. The summed E-state index contributed by atoms with van der Waals surface area (Å²) >= 11 is 0. The number of nitrogens with one attached hydrogen (secondary N) is 1. The summed E-state index contributed by atoms with van der Waals surface area (Å²) in [5.74, 6) is 0. The quantitative estimate of drug-likeness (QED) is 0.895. The number of hydrogen-bond donors (Lipinski definition) is 1. The van der Waals surface area contributed by atoms with Crippen molar-refractivity contribution in [2.24, 2.45) is 0 Å². The molecule has 20 heavy (non-hydrogen) atoms. The first-order valence-corrected chi connectivity index (χ1v) is 7.80. The van der Waals surface area contributed by atoms with Crippen molar-refractivity contribution in [3.8, 4) is 0 Å². The van der Waals surface area contributed by atoms with E-state index in [-0.39, 0.29) is 12.1 Å². The van der Waals surface area contributed by atoms with Crippen molar-refractivity contribution < 1.29 is 4.74 Å². The van der Waals surface area contributed by atoms with E-state index in [0.29, 0.717) is 0 Å². The van der Waals surface area contributed by atoms with E-state index in [4.69, 9.17) is 4.74 Å².